The van der Waals surface area contributed by atoms with Crippen LogP contribution in [0.4, 0.5) is 4.79 Å². The van der Waals surface area contributed by atoms with Crippen LogP contribution in [0.15, 0.2) is 48.5 Å². The van der Waals surface area contributed by atoms with E-state index < -0.39 is 23.1 Å². The monoisotopic (exact) mass is 434 g/mol. The number of carboxylic acids is 1. The number of likely N-dealkylation sites (N-methyl/N-ethyl adjacent to an activating group) is 1. The van der Waals surface area contributed by atoms with Gasteiger partial charge >= 0.3 is 12.1 Å². The summed E-state index contributed by atoms with van der Waals surface area (Å²) in [4.78, 5) is 38.1. The zero-order valence-electron chi connectivity index (χ0n) is 18.0. The van der Waals surface area contributed by atoms with Gasteiger partial charge in [-0.25, -0.2) is 9.59 Å². The van der Waals surface area contributed by atoms with Gasteiger partial charge in [0, 0.05) is 13.0 Å². The van der Waals surface area contributed by atoms with Crippen molar-refractivity contribution < 1.29 is 24.2 Å². The molecule has 2 aromatic carbocycles. The van der Waals surface area contributed by atoms with E-state index in [1.54, 1.807) is 0 Å². The second-order valence-corrected chi connectivity index (χ2v) is 9.20. The first-order valence-corrected chi connectivity index (χ1v) is 11.0. The van der Waals surface area contributed by atoms with Gasteiger partial charge in [0.15, 0.2) is 0 Å². The van der Waals surface area contributed by atoms with Gasteiger partial charge in [-0.3, -0.25) is 4.79 Å². The molecule has 7 nitrogen and oxygen atoms in total. The lowest BCUT2D eigenvalue weighted by Crippen LogP contribution is -2.48. The fourth-order valence-corrected chi connectivity index (χ4v) is 4.81. The first-order valence-electron chi connectivity index (χ1n) is 11.0. The number of alkyl carbamates (subject to hydrolysis) is 1. The maximum Gasteiger partial charge on any atom is 0.407 e. The van der Waals surface area contributed by atoms with Crippen LogP contribution in [0.5, 0.6) is 0 Å². The van der Waals surface area contributed by atoms with Gasteiger partial charge in [-0.05, 0) is 47.9 Å². The van der Waals surface area contributed by atoms with Gasteiger partial charge in [0.25, 0.3) is 0 Å². The molecule has 7 heteroatoms. The summed E-state index contributed by atoms with van der Waals surface area (Å²) in [5.41, 5.74) is 2.90. The summed E-state index contributed by atoms with van der Waals surface area (Å²) in [7, 11) is 1.53. The largest absolute Gasteiger partial charge is 0.479 e. The number of nitrogens with one attached hydrogen (secondary N) is 1. The average Bonchev–Trinajstić information content (AvgIpc) is 3.70. The van der Waals surface area contributed by atoms with Gasteiger partial charge in [-0.2, -0.15) is 0 Å². The van der Waals surface area contributed by atoms with Crippen LogP contribution >= 0.6 is 0 Å². The quantitative estimate of drug-likeness (QED) is 0.695. The molecule has 0 radical (unpaired) electrons. The first-order chi connectivity index (χ1) is 15.4. The molecule has 2 N–H and O–H groups in total. The van der Waals surface area contributed by atoms with Crippen molar-refractivity contribution in [2.45, 2.75) is 49.1 Å². The van der Waals surface area contributed by atoms with Crippen LogP contribution in [0.25, 0.3) is 11.1 Å². The number of hydrogen-bond acceptors (Lipinski definition) is 4. The smallest absolute Gasteiger partial charge is 0.407 e. The van der Waals surface area contributed by atoms with E-state index in [1.807, 2.05) is 24.3 Å². The Hall–Kier alpha value is -3.35. The van der Waals surface area contributed by atoms with Crippen molar-refractivity contribution in [2.75, 3.05) is 13.7 Å². The number of nitrogens with zero attached hydrogens (tertiary/aromatic N) is 1. The SMILES string of the molecule is CN(C(=O)CC1(NC(=O)OCC2c3ccccc3-c3ccccc32)CC1)C1(C(=O)O)CC1. The summed E-state index contributed by atoms with van der Waals surface area (Å²) in [6.07, 6.45) is 1.84. The number of carbonyl (C=O) groups is 3. The molecule has 3 aliphatic carbocycles. The van der Waals surface area contributed by atoms with E-state index in [9.17, 15) is 19.5 Å². The Balaban J connectivity index is 1.21. The zero-order valence-corrected chi connectivity index (χ0v) is 18.0. The summed E-state index contributed by atoms with van der Waals surface area (Å²) in [5.74, 6) is -1.26. The Kier molecular flexibility index (Phi) is 4.73. The number of benzene rings is 2. The Labute approximate surface area is 186 Å². The molecule has 2 fully saturated rings. The molecule has 0 aromatic heterocycles. The Morgan fingerprint density at radius 2 is 1.56 bits per heavy atom. The minimum absolute atomic E-state index is 0.0265. The molecule has 166 valence electrons. The van der Waals surface area contributed by atoms with Gasteiger partial charge in [0.05, 0.1) is 12.0 Å². The predicted octanol–water partition coefficient (Wildman–Crippen LogP) is 3.52. The predicted molar refractivity (Wildman–Crippen MR) is 117 cm³/mol. The van der Waals surface area contributed by atoms with Crippen molar-refractivity contribution in [3.63, 3.8) is 0 Å². The molecule has 0 aliphatic heterocycles. The maximum absolute atomic E-state index is 12.7. The lowest BCUT2D eigenvalue weighted by Gasteiger charge is -2.27. The van der Waals surface area contributed by atoms with Crippen LogP contribution in [0.2, 0.25) is 0 Å². The van der Waals surface area contributed by atoms with E-state index >= 15 is 0 Å². The number of rotatable bonds is 7. The molecule has 3 aliphatic rings. The van der Waals surface area contributed by atoms with Crippen molar-refractivity contribution in [1.82, 2.24) is 10.2 Å². The van der Waals surface area contributed by atoms with Crippen LogP contribution in [0, 0.1) is 0 Å². The molecule has 0 atom stereocenters. The highest BCUT2D eigenvalue weighted by atomic mass is 16.5. The van der Waals surface area contributed by atoms with E-state index in [0.29, 0.717) is 25.7 Å². The Bertz CT molecular complexity index is 1060. The number of amides is 2. The molecular weight excluding hydrogens is 408 g/mol. The van der Waals surface area contributed by atoms with Gasteiger partial charge in [0.1, 0.15) is 12.1 Å². The van der Waals surface area contributed by atoms with Crippen LogP contribution < -0.4 is 5.32 Å². The Morgan fingerprint density at radius 1 is 1.00 bits per heavy atom. The van der Waals surface area contributed by atoms with Gasteiger partial charge < -0.3 is 20.1 Å². The fraction of sp³-hybridized carbons (Fsp3) is 0.400. The number of ether oxygens (including phenoxy) is 1. The lowest BCUT2D eigenvalue weighted by molar-refractivity contribution is -0.151. The van der Waals surface area contributed by atoms with Gasteiger partial charge in [-0.15, -0.1) is 0 Å². The topological polar surface area (TPSA) is 95.9 Å². The number of carboxylic acid groups (broad SMARTS) is 1. The second-order valence-electron chi connectivity index (χ2n) is 9.20. The summed E-state index contributed by atoms with van der Waals surface area (Å²) >= 11 is 0. The molecule has 2 saturated carbocycles. The highest BCUT2D eigenvalue weighted by Crippen LogP contribution is 2.46. The number of carbonyl (C=O) groups excluding carboxylic acids is 2. The molecule has 0 spiro atoms. The van der Waals surface area contributed by atoms with Crippen LogP contribution in [0.1, 0.15) is 49.1 Å². The average molecular weight is 434 g/mol. The summed E-state index contributed by atoms with van der Waals surface area (Å²) < 4.78 is 5.61. The molecule has 0 unspecified atom stereocenters. The van der Waals surface area contributed by atoms with Crippen molar-refractivity contribution >= 4 is 18.0 Å². The summed E-state index contributed by atoms with van der Waals surface area (Å²) in [6.45, 7) is 0.214. The van der Waals surface area contributed by atoms with Crippen LogP contribution in [-0.2, 0) is 14.3 Å². The first kappa shape index (κ1) is 20.5. The third kappa shape index (κ3) is 3.42. The zero-order chi connectivity index (χ0) is 22.5. The number of fused-ring (bicyclic) bond motifs is 3. The van der Waals surface area contributed by atoms with Crippen molar-refractivity contribution in [3.8, 4) is 11.1 Å². The minimum Gasteiger partial charge on any atom is -0.479 e. The Morgan fingerprint density at radius 3 is 2.06 bits per heavy atom. The van der Waals surface area contributed by atoms with E-state index in [-0.39, 0.29) is 24.9 Å². The standard InChI is InChI=1S/C25H26N2O5/c1-27(25(12-13-25)22(29)30)21(28)14-24(10-11-24)26-23(31)32-15-20-18-8-4-2-6-16(18)17-7-3-5-9-19(17)20/h2-9,20H,10-15H2,1H3,(H,26,31)(H,29,30). The molecule has 0 heterocycles. The van der Waals surface area contributed by atoms with Gasteiger partial charge in [0.2, 0.25) is 5.91 Å². The van der Waals surface area contributed by atoms with Crippen LogP contribution in [0.3, 0.4) is 0 Å². The van der Waals surface area contributed by atoms with E-state index in [2.05, 4.69) is 29.6 Å². The second kappa shape index (κ2) is 7.36. The molecule has 0 saturated heterocycles. The maximum atomic E-state index is 12.7. The molecule has 2 amide bonds. The third-order valence-electron chi connectivity index (χ3n) is 7.19. The number of hydrogen-bond donors (Lipinski definition) is 2. The summed E-state index contributed by atoms with van der Waals surface area (Å²) in [6, 6.07) is 16.3. The highest BCUT2D eigenvalue weighted by molar-refractivity contribution is 5.90. The molecule has 32 heavy (non-hydrogen) atoms. The summed E-state index contributed by atoms with van der Waals surface area (Å²) in [5, 5.41) is 12.3. The molecule has 0 bridgehead atoms. The third-order valence-corrected chi connectivity index (χ3v) is 7.19. The normalized spacial score (nSPS) is 18.8. The fourth-order valence-electron chi connectivity index (χ4n) is 4.81. The van der Waals surface area contributed by atoms with E-state index in [1.165, 1.54) is 11.9 Å². The van der Waals surface area contributed by atoms with Crippen molar-refractivity contribution in [3.05, 3.63) is 59.7 Å². The van der Waals surface area contributed by atoms with Crippen molar-refractivity contribution in [2.24, 2.45) is 0 Å². The lowest BCUT2D eigenvalue weighted by atomic mass is 9.98. The van der Waals surface area contributed by atoms with E-state index in [0.717, 1.165) is 22.3 Å². The van der Waals surface area contributed by atoms with E-state index in [4.69, 9.17) is 4.74 Å². The van der Waals surface area contributed by atoms with Gasteiger partial charge in [-0.1, -0.05) is 48.5 Å². The highest BCUT2D eigenvalue weighted by Gasteiger charge is 2.57. The molecular formula is C25H26N2O5. The number of aliphatic carboxylic acids is 1. The minimum atomic E-state index is -1.07. The molecule has 2 aromatic rings. The van der Waals surface area contributed by atoms with Crippen molar-refractivity contribution in [1.29, 1.82) is 0 Å². The van der Waals surface area contributed by atoms with Crippen LogP contribution in [-0.4, -0.2) is 52.7 Å². The molecule has 5 rings (SSSR count).